The first-order valence-corrected chi connectivity index (χ1v) is 5.42. The van der Waals surface area contributed by atoms with E-state index in [1.54, 1.807) is 19.2 Å². The van der Waals surface area contributed by atoms with Crippen molar-refractivity contribution in [1.29, 1.82) is 5.26 Å². The van der Waals surface area contributed by atoms with Crippen molar-refractivity contribution in [2.75, 3.05) is 11.9 Å². The second-order valence-electron chi connectivity index (χ2n) is 3.90. The Labute approximate surface area is 99.5 Å². The number of aliphatic hydroxyl groups excluding tert-OH is 1. The molecule has 0 saturated heterocycles. The third-order valence-electron chi connectivity index (χ3n) is 2.48. The standard InChI is InChI=1S/C13H13N3O/c1-9(17)8-16-12-5-4-10(7-14)13-11(12)3-2-6-15-13/h2-6,9,16-17H,8H2,1H3. The predicted octanol–water partition coefficient (Wildman–Crippen LogP) is 1.90. The highest BCUT2D eigenvalue weighted by atomic mass is 16.3. The van der Waals surface area contributed by atoms with Gasteiger partial charge in [-0.3, -0.25) is 4.98 Å². The van der Waals surface area contributed by atoms with Crippen molar-refractivity contribution < 1.29 is 5.11 Å². The van der Waals surface area contributed by atoms with Gasteiger partial charge in [0.1, 0.15) is 6.07 Å². The molecule has 1 aromatic heterocycles. The summed E-state index contributed by atoms with van der Waals surface area (Å²) >= 11 is 0. The second kappa shape index (κ2) is 4.81. The molecule has 2 N–H and O–H groups in total. The number of rotatable bonds is 3. The van der Waals surface area contributed by atoms with Gasteiger partial charge in [0.25, 0.3) is 0 Å². The zero-order valence-corrected chi connectivity index (χ0v) is 9.51. The minimum absolute atomic E-state index is 0.419. The lowest BCUT2D eigenvalue weighted by Crippen LogP contribution is -2.15. The Morgan fingerprint density at radius 3 is 3.00 bits per heavy atom. The van der Waals surface area contributed by atoms with E-state index in [-0.39, 0.29) is 0 Å². The van der Waals surface area contributed by atoms with Gasteiger partial charge in [-0.2, -0.15) is 5.26 Å². The van der Waals surface area contributed by atoms with E-state index in [2.05, 4.69) is 16.4 Å². The summed E-state index contributed by atoms with van der Waals surface area (Å²) in [5.74, 6) is 0. The Kier molecular flexibility index (Phi) is 3.22. The molecule has 4 nitrogen and oxygen atoms in total. The van der Waals surface area contributed by atoms with Gasteiger partial charge >= 0.3 is 0 Å². The monoisotopic (exact) mass is 227 g/mol. The van der Waals surface area contributed by atoms with Crippen LogP contribution in [0.4, 0.5) is 5.69 Å². The smallest absolute Gasteiger partial charge is 0.101 e. The maximum Gasteiger partial charge on any atom is 0.101 e. The van der Waals surface area contributed by atoms with Crippen LogP contribution >= 0.6 is 0 Å². The van der Waals surface area contributed by atoms with Gasteiger partial charge in [-0.25, -0.2) is 0 Å². The molecule has 1 heterocycles. The number of benzene rings is 1. The summed E-state index contributed by atoms with van der Waals surface area (Å²) in [6, 6.07) is 9.44. The number of hydrogen-bond acceptors (Lipinski definition) is 4. The maximum atomic E-state index is 9.26. The first kappa shape index (κ1) is 11.4. The molecule has 86 valence electrons. The van der Waals surface area contributed by atoms with Crippen LogP contribution in [0.3, 0.4) is 0 Å². The van der Waals surface area contributed by atoms with E-state index in [1.807, 2.05) is 18.2 Å². The number of aromatic nitrogens is 1. The number of pyridine rings is 1. The van der Waals surface area contributed by atoms with Gasteiger partial charge in [0, 0.05) is 23.8 Å². The normalized spacial score (nSPS) is 12.1. The largest absolute Gasteiger partial charge is 0.392 e. The van der Waals surface area contributed by atoms with Crippen molar-refractivity contribution in [3.8, 4) is 6.07 Å². The molecule has 0 radical (unpaired) electrons. The summed E-state index contributed by atoms with van der Waals surface area (Å²) in [6.45, 7) is 2.19. The molecule has 0 fully saturated rings. The Balaban J connectivity index is 2.48. The first-order valence-electron chi connectivity index (χ1n) is 5.42. The molecular weight excluding hydrogens is 214 g/mol. The van der Waals surface area contributed by atoms with Crippen molar-refractivity contribution >= 4 is 16.6 Å². The quantitative estimate of drug-likeness (QED) is 0.840. The number of nitrogens with one attached hydrogen (secondary N) is 1. The lowest BCUT2D eigenvalue weighted by atomic mass is 10.1. The van der Waals surface area contributed by atoms with Crippen molar-refractivity contribution in [3.05, 3.63) is 36.0 Å². The second-order valence-corrected chi connectivity index (χ2v) is 3.90. The fourth-order valence-electron chi connectivity index (χ4n) is 1.67. The molecule has 1 aromatic carbocycles. The molecule has 0 aliphatic rings. The third-order valence-corrected chi connectivity index (χ3v) is 2.48. The van der Waals surface area contributed by atoms with Crippen LogP contribution in [0, 0.1) is 11.3 Å². The fraction of sp³-hybridized carbons (Fsp3) is 0.231. The van der Waals surface area contributed by atoms with E-state index in [0.717, 1.165) is 11.1 Å². The molecule has 0 aliphatic heterocycles. The Morgan fingerprint density at radius 1 is 1.47 bits per heavy atom. The van der Waals surface area contributed by atoms with Crippen molar-refractivity contribution in [1.82, 2.24) is 4.98 Å². The highest BCUT2D eigenvalue weighted by Crippen LogP contribution is 2.24. The molecule has 4 heteroatoms. The number of anilines is 1. The van der Waals surface area contributed by atoms with Crippen LogP contribution in [0.1, 0.15) is 12.5 Å². The van der Waals surface area contributed by atoms with E-state index < -0.39 is 6.10 Å². The predicted molar refractivity (Wildman–Crippen MR) is 66.6 cm³/mol. The minimum atomic E-state index is -0.419. The van der Waals surface area contributed by atoms with Crippen LogP contribution in [-0.4, -0.2) is 22.7 Å². The highest BCUT2D eigenvalue weighted by Gasteiger charge is 2.06. The summed E-state index contributed by atoms with van der Waals surface area (Å²) in [6.07, 6.45) is 1.25. The summed E-state index contributed by atoms with van der Waals surface area (Å²) in [5, 5.41) is 22.3. The first-order chi connectivity index (χ1) is 8.22. The maximum absolute atomic E-state index is 9.26. The van der Waals surface area contributed by atoms with E-state index >= 15 is 0 Å². The Morgan fingerprint density at radius 2 is 2.29 bits per heavy atom. The van der Waals surface area contributed by atoms with Crippen molar-refractivity contribution in [2.45, 2.75) is 13.0 Å². The summed E-state index contributed by atoms with van der Waals surface area (Å²) < 4.78 is 0. The van der Waals surface area contributed by atoms with Crippen LogP contribution in [0.2, 0.25) is 0 Å². The molecule has 2 aromatic rings. The molecule has 1 atom stereocenters. The number of nitriles is 1. The Bertz CT molecular complexity index is 572. The fourth-order valence-corrected chi connectivity index (χ4v) is 1.67. The van der Waals surface area contributed by atoms with Gasteiger partial charge in [-0.1, -0.05) is 0 Å². The van der Waals surface area contributed by atoms with Gasteiger partial charge in [0.2, 0.25) is 0 Å². The molecule has 0 bridgehead atoms. The van der Waals surface area contributed by atoms with Gasteiger partial charge in [-0.15, -0.1) is 0 Å². The molecule has 0 saturated carbocycles. The molecular formula is C13H13N3O. The average Bonchev–Trinajstić information content (AvgIpc) is 2.35. The third kappa shape index (κ3) is 2.35. The topological polar surface area (TPSA) is 68.9 Å². The zero-order valence-electron chi connectivity index (χ0n) is 9.51. The van der Waals surface area contributed by atoms with Gasteiger partial charge in [0.05, 0.1) is 17.2 Å². The molecule has 1 unspecified atom stereocenters. The number of aliphatic hydroxyl groups is 1. The molecule has 0 amide bonds. The van der Waals surface area contributed by atoms with E-state index in [9.17, 15) is 5.11 Å². The highest BCUT2D eigenvalue weighted by molar-refractivity contribution is 5.94. The molecule has 17 heavy (non-hydrogen) atoms. The van der Waals surface area contributed by atoms with Crippen molar-refractivity contribution in [2.24, 2.45) is 0 Å². The summed E-state index contributed by atoms with van der Waals surface area (Å²) in [7, 11) is 0. The van der Waals surface area contributed by atoms with Crippen molar-refractivity contribution in [3.63, 3.8) is 0 Å². The average molecular weight is 227 g/mol. The zero-order chi connectivity index (χ0) is 12.3. The number of fused-ring (bicyclic) bond motifs is 1. The van der Waals surface area contributed by atoms with Gasteiger partial charge < -0.3 is 10.4 Å². The lowest BCUT2D eigenvalue weighted by molar-refractivity contribution is 0.208. The summed E-state index contributed by atoms with van der Waals surface area (Å²) in [4.78, 5) is 4.21. The van der Waals surface area contributed by atoms with Gasteiger partial charge in [0.15, 0.2) is 0 Å². The lowest BCUT2D eigenvalue weighted by Gasteiger charge is -2.11. The Hall–Kier alpha value is -2.12. The van der Waals surface area contributed by atoms with Crippen LogP contribution < -0.4 is 5.32 Å². The van der Waals surface area contributed by atoms with Crippen LogP contribution in [0.15, 0.2) is 30.5 Å². The van der Waals surface area contributed by atoms with Gasteiger partial charge in [-0.05, 0) is 31.2 Å². The number of hydrogen-bond donors (Lipinski definition) is 2. The minimum Gasteiger partial charge on any atom is -0.392 e. The summed E-state index contributed by atoms with van der Waals surface area (Å²) in [5.41, 5.74) is 2.13. The van der Waals surface area contributed by atoms with Crippen LogP contribution in [0.5, 0.6) is 0 Å². The number of nitrogens with zero attached hydrogens (tertiary/aromatic N) is 2. The molecule has 0 aliphatic carbocycles. The SMILES string of the molecule is CC(O)CNc1ccc(C#N)c2ncccc12. The molecule has 2 rings (SSSR count). The van der Waals surface area contributed by atoms with Crippen LogP contribution in [0.25, 0.3) is 10.9 Å². The van der Waals surface area contributed by atoms with E-state index in [1.165, 1.54) is 0 Å². The molecule has 0 spiro atoms. The van der Waals surface area contributed by atoms with Crippen LogP contribution in [-0.2, 0) is 0 Å². The van der Waals surface area contributed by atoms with E-state index in [0.29, 0.717) is 17.6 Å². The van der Waals surface area contributed by atoms with E-state index in [4.69, 9.17) is 5.26 Å².